The third kappa shape index (κ3) is 5.61. The standard InChI is InChI=1S/C36H56O12/c1-18-32(48-33-31(41)30(40)29(39)26(16-37)47-33)25(43-4)15-28(45-18)46-21-7-10-34(2)20(14-21)5-6-24-23(34)8-11-35(3)22(9-12-36(24,35)42)19-13-27(38)44-17-19/h13,18,20-26,28-33,37,39-42H,5-12,14-17H2,1-4H3/t18-,20+,21+,22+,23+,24-,25+,26-,28+,29-,30+,31-,32+,33+,34+,35-,36+/m1/s1. The first-order valence-corrected chi connectivity index (χ1v) is 18.2. The number of esters is 1. The minimum Gasteiger partial charge on any atom is -0.458 e. The molecule has 0 aromatic heterocycles. The highest BCUT2D eigenvalue weighted by molar-refractivity contribution is 5.85. The topological polar surface area (TPSA) is 174 Å². The number of aliphatic hydroxyl groups excluding tert-OH is 4. The summed E-state index contributed by atoms with van der Waals surface area (Å²) in [7, 11) is 1.58. The Kier molecular flexibility index (Phi) is 9.61. The fourth-order valence-electron chi connectivity index (χ4n) is 11.6. The first kappa shape index (κ1) is 35.2. The maximum atomic E-state index is 12.5. The van der Waals surface area contributed by atoms with Crippen LogP contribution >= 0.6 is 0 Å². The lowest BCUT2D eigenvalue weighted by molar-refractivity contribution is -0.345. The van der Waals surface area contributed by atoms with Crippen LogP contribution in [-0.4, -0.2) is 119 Å². The van der Waals surface area contributed by atoms with E-state index >= 15 is 0 Å². The van der Waals surface area contributed by atoms with Crippen LogP contribution in [0.15, 0.2) is 11.6 Å². The number of cyclic esters (lactones) is 1. The molecule has 7 rings (SSSR count). The summed E-state index contributed by atoms with van der Waals surface area (Å²) in [5.41, 5.74) is 0.221. The van der Waals surface area contributed by atoms with E-state index in [0.29, 0.717) is 24.9 Å². The highest BCUT2D eigenvalue weighted by Crippen LogP contribution is 2.70. The zero-order chi connectivity index (χ0) is 34.2. The fourth-order valence-corrected chi connectivity index (χ4v) is 11.6. The number of rotatable bonds is 7. The van der Waals surface area contributed by atoms with Gasteiger partial charge in [0.2, 0.25) is 0 Å². The van der Waals surface area contributed by atoms with Gasteiger partial charge in [-0.05, 0) is 99.4 Å². The molecule has 0 aromatic rings. The Labute approximate surface area is 283 Å². The van der Waals surface area contributed by atoms with Gasteiger partial charge in [-0.2, -0.15) is 0 Å². The van der Waals surface area contributed by atoms with Crippen molar-refractivity contribution in [1.29, 1.82) is 0 Å². The Morgan fingerprint density at radius 1 is 0.917 bits per heavy atom. The van der Waals surface area contributed by atoms with E-state index in [0.717, 1.165) is 63.4 Å². The molecule has 48 heavy (non-hydrogen) atoms. The van der Waals surface area contributed by atoms with Crippen molar-refractivity contribution in [2.45, 2.75) is 152 Å². The fraction of sp³-hybridized carbons (Fsp3) is 0.917. The number of ether oxygens (including phenoxy) is 6. The van der Waals surface area contributed by atoms with Gasteiger partial charge in [-0.15, -0.1) is 0 Å². The van der Waals surface area contributed by atoms with Crippen molar-refractivity contribution in [3.63, 3.8) is 0 Å². The molecule has 0 amide bonds. The van der Waals surface area contributed by atoms with Gasteiger partial charge in [0.05, 0.1) is 30.5 Å². The Morgan fingerprint density at radius 3 is 2.42 bits per heavy atom. The molecule has 2 saturated heterocycles. The second kappa shape index (κ2) is 13.1. The summed E-state index contributed by atoms with van der Waals surface area (Å²) >= 11 is 0. The Bertz CT molecular complexity index is 1230. The second-order valence-corrected chi connectivity index (χ2v) is 16.4. The first-order chi connectivity index (χ1) is 22.8. The van der Waals surface area contributed by atoms with Gasteiger partial charge >= 0.3 is 5.97 Å². The van der Waals surface area contributed by atoms with Gasteiger partial charge in [0.1, 0.15) is 37.1 Å². The maximum Gasteiger partial charge on any atom is 0.331 e. The molecule has 0 radical (unpaired) electrons. The molecule has 4 aliphatic carbocycles. The van der Waals surface area contributed by atoms with Crippen LogP contribution in [0.1, 0.15) is 85.0 Å². The Morgan fingerprint density at radius 2 is 1.71 bits per heavy atom. The lowest BCUT2D eigenvalue weighted by Crippen LogP contribution is -2.62. The second-order valence-electron chi connectivity index (χ2n) is 16.4. The minimum absolute atomic E-state index is 0.0388. The molecule has 0 bridgehead atoms. The zero-order valence-corrected chi connectivity index (χ0v) is 28.7. The monoisotopic (exact) mass is 680 g/mol. The molecular weight excluding hydrogens is 624 g/mol. The van der Waals surface area contributed by atoms with Crippen molar-refractivity contribution in [2.75, 3.05) is 20.3 Å². The number of carbonyl (C=O) groups is 1. The van der Waals surface area contributed by atoms with Gasteiger partial charge in [-0.1, -0.05) is 13.8 Å². The number of carbonyl (C=O) groups excluding carboxylic acids is 1. The van der Waals surface area contributed by atoms with E-state index in [-0.39, 0.29) is 34.7 Å². The van der Waals surface area contributed by atoms with Crippen LogP contribution < -0.4 is 0 Å². The third-order valence-electron chi connectivity index (χ3n) is 14.3. The quantitative estimate of drug-likeness (QED) is 0.196. The molecule has 3 aliphatic heterocycles. The molecule has 6 fully saturated rings. The normalized spacial score (nSPS) is 53.8. The van der Waals surface area contributed by atoms with Gasteiger partial charge in [0.15, 0.2) is 12.6 Å². The maximum absolute atomic E-state index is 12.5. The number of methoxy groups -OCH3 is 1. The number of fused-ring (bicyclic) bond motifs is 5. The number of aliphatic hydroxyl groups is 5. The number of hydrogen-bond donors (Lipinski definition) is 5. The van der Waals surface area contributed by atoms with Crippen LogP contribution in [0.25, 0.3) is 0 Å². The van der Waals surface area contributed by atoms with Crippen LogP contribution in [0, 0.1) is 34.5 Å². The van der Waals surface area contributed by atoms with Crippen molar-refractivity contribution in [1.82, 2.24) is 0 Å². The molecule has 272 valence electrons. The zero-order valence-electron chi connectivity index (χ0n) is 28.7. The molecule has 12 heteroatoms. The van der Waals surface area contributed by atoms with Crippen LogP contribution in [0.3, 0.4) is 0 Å². The molecular formula is C36H56O12. The Hall–Kier alpha value is -1.19. The first-order valence-electron chi connectivity index (χ1n) is 18.2. The van der Waals surface area contributed by atoms with E-state index in [1.807, 2.05) is 6.92 Å². The highest BCUT2D eigenvalue weighted by atomic mass is 16.7. The van der Waals surface area contributed by atoms with E-state index in [4.69, 9.17) is 28.4 Å². The van der Waals surface area contributed by atoms with E-state index in [2.05, 4.69) is 13.8 Å². The van der Waals surface area contributed by atoms with Gasteiger partial charge in [-0.3, -0.25) is 0 Å². The third-order valence-corrected chi connectivity index (χ3v) is 14.3. The summed E-state index contributed by atoms with van der Waals surface area (Å²) in [5, 5.41) is 52.9. The smallest absolute Gasteiger partial charge is 0.331 e. The number of hydrogen-bond acceptors (Lipinski definition) is 12. The van der Waals surface area contributed by atoms with Gasteiger partial charge in [-0.25, -0.2) is 4.79 Å². The SMILES string of the molecule is CO[C@H]1C[C@H](O[C@H]2CC[C@@]3(C)[C@@H](CC[C@@H]4[C@@H]3CC[C@]3(C)[C@H](C5=CC(=O)OC5)CC[C@]43O)C2)O[C@H](C)[C@@H]1O[C@@H]1O[C@H](CO)[C@@H](O)[C@H](O)[C@H]1O. The molecule has 12 nitrogen and oxygen atoms in total. The van der Waals surface area contributed by atoms with Crippen LogP contribution in [-0.2, 0) is 33.2 Å². The van der Waals surface area contributed by atoms with E-state index in [9.17, 15) is 30.3 Å². The molecule has 0 unspecified atom stereocenters. The summed E-state index contributed by atoms with van der Waals surface area (Å²) in [6, 6.07) is 0. The van der Waals surface area contributed by atoms with Crippen molar-refractivity contribution in [3.8, 4) is 0 Å². The molecule has 0 spiro atoms. The average molecular weight is 681 g/mol. The molecule has 0 aromatic carbocycles. The molecule has 3 heterocycles. The summed E-state index contributed by atoms with van der Waals surface area (Å²) in [5.74, 6) is 1.14. The largest absolute Gasteiger partial charge is 0.458 e. The summed E-state index contributed by atoms with van der Waals surface area (Å²) in [4.78, 5) is 11.9. The molecule has 17 atom stereocenters. The lowest BCUT2D eigenvalue weighted by atomic mass is 9.43. The summed E-state index contributed by atoms with van der Waals surface area (Å²) in [6.45, 7) is 6.40. The van der Waals surface area contributed by atoms with Crippen molar-refractivity contribution in [3.05, 3.63) is 11.6 Å². The molecule has 4 saturated carbocycles. The van der Waals surface area contributed by atoms with E-state index in [1.165, 1.54) is 0 Å². The van der Waals surface area contributed by atoms with Crippen LogP contribution in [0.4, 0.5) is 0 Å². The molecule has 5 N–H and O–H groups in total. The van der Waals surface area contributed by atoms with Gasteiger partial charge in [0.25, 0.3) is 0 Å². The van der Waals surface area contributed by atoms with E-state index in [1.54, 1.807) is 13.2 Å². The predicted molar refractivity (Wildman–Crippen MR) is 169 cm³/mol. The van der Waals surface area contributed by atoms with Gasteiger partial charge < -0.3 is 54.0 Å². The lowest BCUT2D eigenvalue weighted by Gasteiger charge is -2.64. The van der Waals surface area contributed by atoms with Crippen LogP contribution in [0.2, 0.25) is 0 Å². The van der Waals surface area contributed by atoms with E-state index < -0.39 is 67.5 Å². The van der Waals surface area contributed by atoms with Crippen molar-refractivity contribution >= 4 is 5.97 Å². The minimum atomic E-state index is -1.53. The van der Waals surface area contributed by atoms with Crippen molar-refractivity contribution in [2.24, 2.45) is 34.5 Å². The predicted octanol–water partition coefficient (Wildman–Crippen LogP) is 1.96. The summed E-state index contributed by atoms with van der Waals surface area (Å²) < 4.78 is 35.6. The highest BCUT2D eigenvalue weighted by Gasteiger charge is 2.67. The Balaban J connectivity index is 0.971. The molecule has 7 aliphatic rings. The summed E-state index contributed by atoms with van der Waals surface area (Å²) in [6.07, 6.45) is 1.91. The average Bonchev–Trinajstić information content (AvgIpc) is 3.61. The van der Waals surface area contributed by atoms with Crippen LogP contribution in [0.5, 0.6) is 0 Å². The van der Waals surface area contributed by atoms with Gasteiger partial charge in [0, 0.05) is 25.0 Å². The van der Waals surface area contributed by atoms with Crippen molar-refractivity contribution < 1.29 is 58.7 Å².